The van der Waals surface area contributed by atoms with E-state index >= 15 is 0 Å². The molecule has 0 amide bonds. The Kier molecular flexibility index (Phi) is 5.94. The maximum absolute atomic E-state index is 5.61. The van der Waals surface area contributed by atoms with Crippen LogP contribution in [0.3, 0.4) is 0 Å². The molecule has 6 heteroatoms. The lowest BCUT2D eigenvalue weighted by Crippen LogP contribution is -2.41. The molecule has 0 bridgehead atoms. The summed E-state index contributed by atoms with van der Waals surface area (Å²) in [6.07, 6.45) is 2.09. The van der Waals surface area contributed by atoms with Crippen molar-refractivity contribution in [3.63, 3.8) is 0 Å². The van der Waals surface area contributed by atoms with Crippen molar-refractivity contribution < 1.29 is 14.0 Å². The lowest BCUT2D eigenvalue weighted by Gasteiger charge is -2.33. The van der Waals surface area contributed by atoms with E-state index < -0.39 is 0 Å². The maximum atomic E-state index is 5.61. The van der Waals surface area contributed by atoms with Crippen LogP contribution in [0.2, 0.25) is 0 Å². The van der Waals surface area contributed by atoms with Gasteiger partial charge in [-0.1, -0.05) is 5.16 Å². The zero-order valence-electron chi connectivity index (χ0n) is 12.7. The first-order chi connectivity index (χ1) is 9.72. The van der Waals surface area contributed by atoms with Crippen LogP contribution in [-0.2, 0) is 9.47 Å². The van der Waals surface area contributed by atoms with Crippen LogP contribution < -0.4 is 0 Å². The molecule has 6 nitrogen and oxygen atoms in total. The standard InChI is InChI=1S/C14H25N3O3/c1-4-18-13(19-5-2)10-17-8-6-7-12(9-17)14-15-11(3)16-20-14/h12-13H,4-10H2,1-3H3/t12-/m0/s1. The van der Waals surface area contributed by atoms with Crippen LogP contribution >= 0.6 is 0 Å². The summed E-state index contributed by atoms with van der Waals surface area (Å²) in [6, 6.07) is 0. The minimum absolute atomic E-state index is 0.145. The first kappa shape index (κ1) is 15.4. The van der Waals surface area contributed by atoms with Crippen molar-refractivity contribution in [3.05, 3.63) is 11.7 Å². The second-order valence-electron chi connectivity index (χ2n) is 5.12. The minimum atomic E-state index is -0.145. The largest absolute Gasteiger partial charge is 0.352 e. The van der Waals surface area contributed by atoms with Gasteiger partial charge in [-0.2, -0.15) is 4.98 Å². The van der Waals surface area contributed by atoms with Gasteiger partial charge >= 0.3 is 0 Å². The lowest BCUT2D eigenvalue weighted by atomic mass is 9.98. The molecule has 114 valence electrons. The molecule has 20 heavy (non-hydrogen) atoms. The van der Waals surface area contributed by atoms with E-state index in [-0.39, 0.29) is 6.29 Å². The summed E-state index contributed by atoms with van der Waals surface area (Å²) in [7, 11) is 0. The molecule has 0 aliphatic carbocycles. The van der Waals surface area contributed by atoms with Crippen molar-refractivity contribution in [2.24, 2.45) is 0 Å². The molecule has 0 saturated carbocycles. The molecule has 0 N–H and O–H groups in total. The van der Waals surface area contributed by atoms with E-state index in [1.54, 1.807) is 0 Å². The van der Waals surface area contributed by atoms with Crippen molar-refractivity contribution >= 4 is 0 Å². The number of rotatable bonds is 7. The Bertz CT molecular complexity index is 391. The van der Waals surface area contributed by atoms with Crippen LogP contribution in [0.4, 0.5) is 0 Å². The first-order valence-electron chi connectivity index (χ1n) is 7.48. The third kappa shape index (κ3) is 4.26. The highest BCUT2D eigenvalue weighted by atomic mass is 16.7. The lowest BCUT2D eigenvalue weighted by molar-refractivity contribution is -0.148. The summed E-state index contributed by atoms with van der Waals surface area (Å²) in [4.78, 5) is 6.72. The maximum Gasteiger partial charge on any atom is 0.231 e. The second kappa shape index (κ2) is 7.71. The molecule has 1 aromatic rings. The molecule has 1 fully saturated rings. The third-order valence-electron chi connectivity index (χ3n) is 3.51. The van der Waals surface area contributed by atoms with E-state index in [0.717, 1.165) is 38.4 Å². The summed E-state index contributed by atoms with van der Waals surface area (Å²) in [5.41, 5.74) is 0. The number of hydrogen-bond donors (Lipinski definition) is 0. The molecule has 0 aromatic carbocycles. The first-order valence-corrected chi connectivity index (χ1v) is 7.48. The fourth-order valence-electron chi connectivity index (χ4n) is 2.64. The Labute approximate surface area is 120 Å². The van der Waals surface area contributed by atoms with Gasteiger partial charge in [0.25, 0.3) is 0 Å². The zero-order chi connectivity index (χ0) is 14.4. The van der Waals surface area contributed by atoms with E-state index in [0.29, 0.717) is 25.0 Å². The van der Waals surface area contributed by atoms with Crippen molar-refractivity contribution in [1.82, 2.24) is 15.0 Å². The number of aryl methyl sites for hydroxylation is 1. The predicted molar refractivity (Wildman–Crippen MR) is 74.5 cm³/mol. The SMILES string of the molecule is CCOC(CN1CCC[C@H](c2nc(C)no2)C1)OCC. The van der Waals surface area contributed by atoms with Gasteiger partial charge in [-0.05, 0) is 40.2 Å². The Morgan fingerprint density at radius 3 is 2.70 bits per heavy atom. The number of ether oxygens (including phenoxy) is 2. The van der Waals surface area contributed by atoms with Gasteiger partial charge in [-0.15, -0.1) is 0 Å². The third-order valence-corrected chi connectivity index (χ3v) is 3.51. The van der Waals surface area contributed by atoms with Gasteiger partial charge in [-0.25, -0.2) is 0 Å². The molecule has 1 aliphatic rings. The normalized spacial score (nSPS) is 20.7. The zero-order valence-corrected chi connectivity index (χ0v) is 12.7. The predicted octanol–water partition coefficient (Wildman–Crippen LogP) is 1.96. The summed E-state index contributed by atoms with van der Waals surface area (Å²) in [5.74, 6) is 1.80. The van der Waals surface area contributed by atoms with Gasteiger partial charge in [0.2, 0.25) is 5.89 Å². The van der Waals surface area contributed by atoms with Gasteiger partial charge in [0.1, 0.15) is 0 Å². The molecule has 1 saturated heterocycles. The number of aromatic nitrogens is 2. The molecular formula is C14H25N3O3. The molecule has 0 unspecified atom stereocenters. The highest BCUT2D eigenvalue weighted by molar-refractivity contribution is 4.96. The van der Waals surface area contributed by atoms with Gasteiger partial charge < -0.3 is 14.0 Å². The smallest absolute Gasteiger partial charge is 0.231 e. The summed E-state index contributed by atoms with van der Waals surface area (Å²) in [6.45, 7) is 9.98. The van der Waals surface area contributed by atoms with E-state index in [2.05, 4.69) is 15.0 Å². The minimum Gasteiger partial charge on any atom is -0.352 e. The molecule has 1 atom stereocenters. The van der Waals surface area contributed by atoms with Gasteiger partial charge in [0.15, 0.2) is 12.1 Å². The van der Waals surface area contributed by atoms with Gasteiger partial charge in [0.05, 0.1) is 5.92 Å². The van der Waals surface area contributed by atoms with Crippen molar-refractivity contribution in [2.45, 2.75) is 45.8 Å². The highest BCUT2D eigenvalue weighted by Crippen LogP contribution is 2.25. The quantitative estimate of drug-likeness (QED) is 0.713. The van der Waals surface area contributed by atoms with Crippen LogP contribution in [-0.4, -0.2) is 54.2 Å². The topological polar surface area (TPSA) is 60.6 Å². The van der Waals surface area contributed by atoms with Gasteiger partial charge in [0, 0.05) is 26.3 Å². The summed E-state index contributed by atoms with van der Waals surface area (Å²) < 4.78 is 16.5. The molecular weight excluding hydrogens is 258 g/mol. The van der Waals surface area contributed by atoms with E-state index in [4.69, 9.17) is 14.0 Å². The van der Waals surface area contributed by atoms with E-state index in [1.165, 1.54) is 0 Å². The monoisotopic (exact) mass is 283 g/mol. The summed E-state index contributed by atoms with van der Waals surface area (Å²) >= 11 is 0. The molecule has 1 aromatic heterocycles. The molecule has 0 radical (unpaired) electrons. The van der Waals surface area contributed by atoms with Crippen LogP contribution in [0.15, 0.2) is 4.52 Å². The molecule has 2 rings (SSSR count). The Balaban J connectivity index is 1.89. The number of likely N-dealkylation sites (tertiary alicyclic amines) is 1. The van der Waals surface area contributed by atoms with Crippen LogP contribution in [0, 0.1) is 6.92 Å². The fourth-order valence-corrected chi connectivity index (χ4v) is 2.64. The number of nitrogens with zero attached hydrogens (tertiary/aromatic N) is 3. The van der Waals surface area contributed by atoms with Crippen molar-refractivity contribution in [3.8, 4) is 0 Å². The summed E-state index contributed by atoms with van der Waals surface area (Å²) in [5, 5.41) is 3.88. The van der Waals surface area contributed by atoms with Gasteiger partial charge in [-0.3, -0.25) is 4.90 Å². The molecule has 2 heterocycles. The van der Waals surface area contributed by atoms with Crippen LogP contribution in [0.1, 0.15) is 44.3 Å². The van der Waals surface area contributed by atoms with Crippen LogP contribution in [0.5, 0.6) is 0 Å². The Morgan fingerprint density at radius 1 is 1.35 bits per heavy atom. The molecule has 1 aliphatic heterocycles. The fraction of sp³-hybridized carbons (Fsp3) is 0.857. The number of hydrogen-bond acceptors (Lipinski definition) is 6. The van der Waals surface area contributed by atoms with E-state index in [1.807, 2.05) is 20.8 Å². The Hall–Kier alpha value is -0.980. The average Bonchev–Trinajstić information content (AvgIpc) is 2.86. The molecule has 0 spiro atoms. The average molecular weight is 283 g/mol. The second-order valence-corrected chi connectivity index (χ2v) is 5.12. The van der Waals surface area contributed by atoms with E-state index in [9.17, 15) is 0 Å². The van der Waals surface area contributed by atoms with Crippen LogP contribution in [0.25, 0.3) is 0 Å². The number of piperidine rings is 1. The highest BCUT2D eigenvalue weighted by Gasteiger charge is 2.27. The van der Waals surface area contributed by atoms with Crippen molar-refractivity contribution in [1.29, 1.82) is 0 Å². The Morgan fingerprint density at radius 2 is 2.10 bits per heavy atom. The van der Waals surface area contributed by atoms with Crippen molar-refractivity contribution in [2.75, 3.05) is 32.8 Å².